The number of hydrazine groups is 2. The number of rotatable bonds is 4. The fraction of sp³-hybridized carbons (Fsp3) is 0.471. The first-order valence-corrected chi connectivity index (χ1v) is 7.97. The summed E-state index contributed by atoms with van der Waals surface area (Å²) in [7, 11) is 0. The maximum atomic E-state index is 11.1. The molecule has 1 aromatic rings. The van der Waals surface area contributed by atoms with E-state index >= 15 is 0 Å². The summed E-state index contributed by atoms with van der Waals surface area (Å²) in [6.07, 6.45) is 5.51. The molecule has 2 aliphatic rings. The van der Waals surface area contributed by atoms with Crippen LogP contribution in [0.4, 0.5) is 0 Å². The Morgan fingerprint density at radius 3 is 2.91 bits per heavy atom. The van der Waals surface area contributed by atoms with Crippen molar-refractivity contribution < 1.29 is 14.6 Å². The molecule has 122 valence electrons. The lowest BCUT2D eigenvalue weighted by molar-refractivity contribution is -0.141. The second-order valence-corrected chi connectivity index (χ2v) is 5.95. The third-order valence-corrected chi connectivity index (χ3v) is 4.21. The molecule has 3 rings (SSSR count). The molecule has 0 spiro atoms. The molecule has 6 heteroatoms. The van der Waals surface area contributed by atoms with Crippen molar-refractivity contribution >= 4 is 5.97 Å². The van der Waals surface area contributed by atoms with Gasteiger partial charge in [-0.1, -0.05) is 30.7 Å². The summed E-state index contributed by atoms with van der Waals surface area (Å²) in [6.45, 7) is 0. The van der Waals surface area contributed by atoms with Crippen LogP contribution in [0.15, 0.2) is 24.3 Å². The van der Waals surface area contributed by atoms with E-state index < -0.39 is 18.2 Å². The summed E-state index contributed by atoms with van der Waals surface area (Å²) in [5, 5.41) is 9.09. The van der Waals surface area contributed by atoms with E-state index in [-0.39, 0.29) is 0 Å². The lowest BCUT2D eigenvalue weighted by Gasteiger charge is -2.16. The molecule has 0 amide bonds. The maximum absolute atomic E-state index is 11.1. The number of carboxylic acid groups (broad SMARTS) is 1. The summed E-state index contributed by atoms with van der Waals surface area (Å²) in [4.78, 5) is 11.1. The number of ether oxygens (including phenoxy) is 1. The van der Waals surface area contributed by atoms with Crippen molar-refractivity contribution in [2.75, 3.05) is 0 Å². The van der Waals surface area contributed by atoms with Gasteiger partial charge in [-0.05, 0) is 37.0 Å². The molecule has 1 aliphatic carbocycles. The van der Waals surface area contributed by atoms with Crippen LogP contribution >= 0.6 is 0 Å². The molecular formula is C17H21N3O3. The zero-order chi connectivity index (χ0) is 16.1. The summed E-state index contributed by atoms with van der Waals surface area (Å²) < 4.78 is 5.68. The highest BCUT2D eigenvalue weighted by Crippen LogP contribution is 2.27. The Bertz CT molecular complexity index is 617. The molecule has 0 bridgehead atoms. The molecule has 1 heterocycles. The highest BCUT2D eigenvalue weighted by molar-refractivity contribution is 5.74. The Balaban J connectivity index is 1.61. The monoisotopic (exact) mass is 315 g/mol. The van der Waals surface area contributed by atoms with Crippen LogP contribution in [-0.4, -0.2) is 23.3 Å². The second kappa shape index (κ2) is 7.47. The summed E-state index contributed by atoms with van der Waals surface area (Å²) in [5.74, 6) is 6.78. The number of aliphatic carboxylic acids is 1. The van der Waals surface area contributed by atoms with Crippen LogP contribution in [0.25, 0.3) is 0 Å². The Morgan fingerprint density at radius 2 is 2.13 bits per heavy atom. The van der Waals surface area contributed by atoms with Crippen molar-refractivity contribution in [3.63, 3.8) is 0 Å². The Hall–Kier alpha value is -2.07. The van der Waals surface area contributed by atoms with Crippen LogP contribution in [0.1, 0.15) is 37.7 Å². The summed E-state index contributed by atoms with van der Waals surface area (Å²) in [5.41, 5.74) is 8.78. The van der Waals surface area contributed by atoms with Crippen LogP contribution in [0.5, 0.6) is 5.75 Å². The Morgan fingerprint density at radius 1 is 1.30 bits per heavy atom. The van der Waals surface area contributed by atoms with E-state index in [1.165, 1.54) is 25.7 Å². The van der Waals surface area contributed by atoms with Gasteiger partial charge in [0.1, 0.15) is 5.75 Å². The third kappa shape index (κ3) is 4.23. The zero-order valence-electron chi connectivity index (χ0n) is 12.8. The average molecular weight is 315 g/mol. The Kier molecular flexibility index (Phi) is 5.13. The summed E-state index contributed by atoms with van der Waals surface area (Å²) in [6, 6.07) is 6.57. The van der Waals surface area contributed by atoms with Gasteiger partial charge in [0.25, 0.3) is 0 Å². The van der Waals surface area contributed by atoms with Gasteiger partial charge in [-0.3, -0.25) is 4.79 Å². The van der Waals surface area contributed by atoms with Crippen molar-refractivity contribution in [2.45, 2.75) is 44.4 Å². The molecule has 0 aromatic heterocycles. The van der Waals surface area contributed by atoms with Crippen LogP contribution in [0.2, 0.25) is 0 Å². The minimum Gasteiger partial charge on any atom is -0.480 e. The van der Waals surface area contributed by atoms with Crippen molar-refractivity contribution in [3.05, 3.63) is 29.8 Å². The first kappa shape index (κ1) is 15.8. The molecule has 2 atom stereocenters. The van der Waals surface area contributed by atoms with E-state index in [2.05, 4.69) is 28.2 Å². The van der Waals surface area contributed by atoms with E-state index in [0.717, 1.165) is 17.9 Å². The molecule has 1 saturated carbocycles. The first-order chi connectivity index (χ1) is 11.2. The van der Waals surface area contributed by atoms with E-state index in [0.29, 0.717) is 5.75 Å². The van der Waals surface area contributed by atoms with Gasteiger partial charge >= 0.3 is 5.97 Å². The number of carboxylic acids is 1. The highest BCUT2D eigenvalue weighted by atomic mass is 16.5. The minimum atomic E-state index is -0.986. The topological polar surface area (TPSA) is 82.6 Å². The molecule has 23 heavy (non-hydrogen) atoms. The number of hydrogen-bond donors (Lipinski definition) is 4. The SMILES string of the molecule is O=C(O)C1NNNC1Oc1cccc(C#CCC2CCCC2)c1. The van der Waals surface area contributed by atoms with Crippen LogP contribution in [0, 0.1) is 17.8 Å². The fourth-order valence-corrected chi connectivity index (χ4v) is 2.94. The van der Waals surface area contributed by atoms with Gasteiger partial charge in [-0.2, -0.15) is 5.53 Å². The van der Waals surface area contributed by atoms with Crippen molar-refractivity contribution in [1.82, 2.24) is 16.4 Å². The van der Waals surface area contributed by atoms with Gasteiger partial charge in [0.2, 0.25) is 0 Å². The lowest BCUT2D eigenvalue weighted by Crippen LogP contribution is -2.44. The quantitative estimate of drug-likeness (QED) is 0.629. The maximum Gasteiger partial charge on any atom is 0.327 e. The van der Waals surface area contributed by atoms with Gasteiger partial charge in [0.15, 0.2) is 12.3 Å². The number of hydrogen-bond acceptors (Lipinski definition) is 5. The van der Waals surface area contributed by atoms with Gasteiger partial charge in [0.05, 0.1) is 0 Å². The van der Waals surface area contributed by atoms with Crippen LogP contribution < -0.4 is 21.1 Å². The van der Waals surface area contributed by atoms with Crippen molar-refractivity contribution in [1.29, 1.82) is 0 Å². The zero-order valence-corrected chi connectivity index (χ0v) is 12.8. The van der Waals surface area contributed by atoms with Crippen molar-refractivity contribution in [2.24, 2.45) is 5.92 Å². The van der Waals surface area contributed by atoms with E-state index in [1.807, 2.05) is 18.2 Å². The molecule has 0 radical (unpaired) electrons. The minimum absolute atomic E-state index is 0.590. The lowest BCUT2D eigenvalue weighted by atomic mass is 10.0. The van der Waals surface area contributed by atoms with Gasteiger partial charge in [0, 0.05) is 12.0 Å². The first-order valence-electron chi connectivity index (χ1n) is 7.97. The van der Waals surface area contributed by atoms with E-state index in [1.54, 1.807) is 6.07 Å². The Labute approximate surface area is 135 Å². The smallest absolute Gasteiger partial charge is 0.327 e. The molecular weight excluding hydrogens is 294 g/mol. The largest absolute Gasteiger partial charge is 0.480 e. The van der Waals surface area contributed by atoms with Gasteiger partial charge in [-0.15, -0.1) is 0 Å². The molecule has 4 N–H and O–H groups in total. The van der Waals surface area contributed by atoms with Crippen LogP contribution in [-0.2, 0) is 4.79 Å². The normalized spacial score (nSPS) is 24.2. The molecule has 2 unspecified atom stereocenters. The predicted octanol–water partition coefficient (Wildman–Crippen LogP) is 1.39. The highest BCUT2D eigenvalue weighted by Gasteiger charge is 2.34. The van der Waals surface area contributed by atoms with Gasteiger partial charge in [-0.25, -0.2) is 10.9 Å². The number of nitrogens with one attached hydrogen (secondary N) is 3. The third-order valence-electron chi connectivity index (χ3n) is 4.21. The average Bonchev–Trinajstić information content (AvgIpc) is 3.19. The second-order valence-electron chi connectivity index (χ2n) is 5.95. The molecule has 1 aliphatic heterocycles. The van der Waals surface area contributed by atoms with Gasteiger partial charge < -0.3 is 9.84 Å². The predicted molar refractivity (Wildman–Crippen MR) is 85.1 cm³/mol. The fourth-order valence-electron chi connectivity index (χ4n) is 2.94. The van der Waals surface area contributed by atoms with Crippen LogP contribution in [0.3, 0.4) is 0 Å². The van der Waals surface area contributed by atoms with E-state index in [4.69, 9.17) is 9.84 Å². The van der Waals surface area contributed by atoms with Crippen molar-refractivity contribution in [3.8, 4) is 17.6 Å². The van der Waals surface area contributed by atoms with E-state index in [9.17, 15) is 4.79 Å². The number of carbonyl (C=O) groups is 1. The standard InChI is InChI=1S/C17H21N3O3/c21-17(22)15-16(19-20-18-15)23-14-10-4-9-13(11-14)8-3-7-12-5-1-2-6-12/h4,9-12,15-16,18-20H,1-2,5-7H2,(H,21,22). The summed E-state index contributed by atoms with van der Waals surface area (Å²) >= 11 is 0. The molecule has 6 nitrogen and oxygen atoms in total. The molecule has 2 fully saturated rings. The molecule has 1 aromatic carbocycles. The number of benzene rings is 1. The molecule has 1 saturated heterocycles.